The van der Waals surface area contributed by atoms with Crippen LogP contribution in [-0.2, 0) is 16.1 Å². The summed E-state index contributed by atoms with van der Waals surface area (Å²) in [6.07, 6.45) is 1.76. The molecule has 1 aliphatic rings. The van der Waals surface area contributed by atoms with Crippen LogP contribution in [-0.4, -0.2) is 25.2 Å². The van der Waals surface area contributed by atoms with E-state index in [4.69, 9.17) is 10.5 Å². The highest BCUT2D eigenvalue weighted by Crippen LogP contribution is 2.18. The van der Waals surface area contributed by atoms with Crippen LogP contribution in [0.3, 0.4) is 0 Å². The monoisotopic (exact) mass is 268 g/mol. The highest BCUT2D eigenvalue weighted by atomic mass is 32.1. The molecule has 1 fully saturated rings. The first-order valence-electron chi connectivity index (χ1n) is 6.33. The average molecular weight is 268 g/mol. The van der Waals surface area contributed by atoms with Crippen LogP contribution in [0.2, 0.25) is 0 Å². The number of aryl methyl sites for hydroxylation is 1. The fraction of sp³-hybridized carbons (Fsp3) is 0.615. The zero-order valence-corrected chi connectivity index (χ0v) is 11.5. The molecule has 5 heteroatoms. The molecule has 1 aromatic rings. The van der Waals surface area contributed by atoms with E-state index >= 15 is 0 Å². The average Bonchev–Trinajstić information content (AvgIpc) is 2.82. The number of nitrogens with two attached hydrogens (primary N) is 1. The second-order valence-electron chi connectivity index (χ2n) is 4.71. The van der Waals surface area contributed by atoms with Crippen molar-refractivity contribution in [3.8, 4) is 0 Å². The van der Waals surface area contributed by atoms with Crippen molar-refractivity contribution in [1.29, 1.82) is 0 Å². The Bertz CT molecular complexity index is 399. The molecule has 0 aliphatic carbocycles. The quantitative estimate of drug-likeness (QED) is 0.868. The van der Waals surface area contributed by atoms with Gasteiger partial charge in [-0.1, -0.05) is 0 Å². The summed E-state index contributed by atoms with van der Waals surface area (Å²) in [6.45, 7) is 4.07. The fourth-order valence-electron chi connectivity index (χ4n) is 2.16. The van der Waals surface area contributed by atoms with E-state index < -0.39 is 6.04 Å². The normalized spacial score (nSPS) is 18.6. The van der Waals surface area contributed by atoms with Crippen molar-refractivity contribution < 1.29 is 9.53 Å². The van der Waals surface area contributed by atoms with Crippen LogP contribution in [0.15, 0.2) is 12.1 Å². The van der Waals surface area contributed by atoms with Gasteiger partial charge in [-0.15, -0.1) is 11.3 Å². The first-order chi connectivity index (χ1) is 8.66. The Labute approximate surface area is 112 Å². The molecule has 1 unspecified atom stereocenters. The molecule has 2 rings (SSSR count). The van der Waals surface area contributed by atoms with Crippen molar-refractivity contribution in [2.75, 3.05) is 13.2 Å². The standard InChI is InChI=1S/C13H20N2O2S/c1-9-2-3-11(18-9)8-15-13(16)12(14)10-4-6-17-7-5-10/h2-3,10,12H,4-8,14H2,1H3,(H,15,16). The number of thiophene rings is 1. The van der Waals surface area contributed by atoms with Crippen LogP contribution < -0.4 is 11.1 Å². The Kier molecular flexibility index (Phi) is 4.74. The molecule has 18 heavy (non-hydrogen) atoms. The Morgan fingerprint density at radius 1 is 1.56 bits per heavy atom. The first kappa shape index (κ1) is 13.5. The summed E-state index contributed by atoms with van der Waals surface area (Å²) < 4.78 is 5.28. The minimum absolute atomic E-state index is 0.0482. The smallest absolute Gasteiger partial charge is 0.237 e. The predicted molar refractivity (Wildman–Crippen MR) is 72.4 cm³/mol. The van der Waals surface area contributed by atoms with Crippen LogP contribution in [0.4, 0.5) is 0 Å². The summed E-state index contributed by atoms with van der Waals surface area (Å²) in [4.78, 5) is 14.4. The lowest BCUT2D eigenvalue weighted by Gasteiger charge is -2.26. The van der Waals surface area contributed by atoms with Crippen LogP contribution in [0.25, 0.3) is 0 Å². The number of ether oxygens (including phenoxy) is 1. The molecule has 0 saturated carbocycles. The Hall–Kier alpha value is -0.910. The molecular weight excluding hydrogens is 248 g/mol. The molecule has 0 bridgehead atoms. The van der Waals surface area contributed by atoms with Gasteiger partial charge in [0.25, 0.3) is 0 Å². The topological polar surface area (TPSA) is 64.4 Å². The zero-order chi connectivity index (χ0) is 13.0. The van der Waals surface area contributed by atoms with Gasteiger partial charge in [-0.25, -0.2) is 0 Å². The number of hydrogen-bond acceptors (Lipinski definition) is 4. The second kappa shape index (κ2) is 6.31. The van der Waals surface area contributed by atoms with Crippen LogP contribution in [0.5, 0.6) is 0 Å². The Morgan fingerprint density at radius 3 is 2.89 bits per heavy atom. The summed E-state index contributed by atoms with van der Waals surface area (Å²) in [7, 11) is 0. The highest BCUT2D eigenvalue weighted by Gasteiger charge is 2.26. The van der Waals surface area contributed by atoms with Crippen molar-refractivity contribution in [1.82, 2.24) is 5.32 Å². The predicted octanol–water partition coefficient (Wildman–Crippen LogP) is 1.43. The molecule has 100 valence electrons. The SMILES string of the molecule is Cc1ccc(CNC(=O)C(N)C2CCOCC2)s1. The van der Waals surface area contributed by atoms with E-state index in [-0.39, 0.29) is 11.8 Å². The van der Waals surface area contributed by atoms with Crippen molar-refractivity contribution in [2.24, 2.45) is 11.7 Å². The van der Waals surface area contributed by atoms with Crippen LogP contribution in [0.1, 0.15) is 22.6 Å². The molecule has 1 aliphatic heterocycles. The lowest BCUT2D eigenvalue weighted by atomic mass is 9.92. The van der Waals surface area contributed by atoms with E-state index in [0.717, 1.165) is 26.1 Å². The minimum Gasteiger partial charge on any atom is -0.381 e. The van der Waals surface area contributed by atoms with Gasteiger partial charge in [-0.2, -0.15) is 0 Å². The number of carbonyl (C=O) groups excluding carboxylic acids is 1. The van der Waals surface area contributed by atoms with E-state index in [1.165, 1.54) is 9.75 Å². The van der Waals surface area contributed by atoms with Crippen LogP contribution in [0, 0.1) is 12.8 Å². The van der Waals surface area contributed by atoms with Gasteiger partial charge in [0.1, 0.15) is 0 Å². The van der Waals surface area contributed by atoms with Gasteiger partial charge < -0.3 is 15.8 Å². The lowest BCUT2D eigenvalue weighted by Crippen LogP contribution is -2.46. The van der Waals surface area contributed by atoms with Gasteiger partial charge in [0.05, 0.1) is 12.6 Å². The molecule has 0 spiro atoms. The molecular formula is C13H20N2O2S. The fourth-order valence-corrected chi connectivity index (χ4v) is 2.99. The molecule has 1 amide bonds. The second-order valence-corrected chi connectivity index (χ2v) is 6.08. The summed E-state index contributed by atoms with van der Waals surface area (Å²) in [5.41, 5.74) is 6.00. The van der Waals surface area contributed by atoms with E-state index in [0.29, 0.717) is 6.54 Å². The van der Waals surface area contributed by atoms with Crippen molar-refractivity contribution in [3.63, 3.8) is 0 Å². The molecule has 1 aromatic heterocycles. The summed E-state index contributed by atoms with van der Waals surface area (Å²) in [5, 5.41) is 2.92. The molecule has 1 saturated heterocycles. The zero-order valence-electron chi connectivity index (χ0n) is 10.6. The molecule has 1 atom stereocenters. The van der Waals surface area contributed by atoms with Gasteiger partial charge in [0, 0.05) is 23.0 Å². The first-order valence-corrected chi connectivity index (χ1v) is 7.15. The largest absolute Gasteiger partial charge is 0.381 e. The third-order valence-electron chi connectivity index (χ3n) is 3.31. The molecule has 0 aromatic carbocycles. The number of rotatable bonds is 4. The van der Waals surface area contributed by atoms with E-state index in [2.05, 4.69) is 18.3 Å². The maximum atomic E-state index is 12.0. The van der Waals surface area contributed by atoms with Crippen LogP contribution >= 0.6 is 11.3 Å². The summed E-state index contributed by atoms with van der Waals surface area (Å²) in [6, 6.07) is 3.69. The van der Waals surface area contributed by atoms with E-state index in [1.54, 1.807) is 11.3 Å². The molecule has 0 radical (unpaired) electrons. The van der Waals surface area contributed by atoms with Crippen molar-refractivity contribution >= 4 is 17.2 Å². The van der Waals surface area contributed by atoms with Gasteiger partial charge in [-0.05, 0) is 37.8 Å². The third kappa shape index (κ3) is 3.54. The van der Waals surface area contributed by atoms with Gasteiger partial charge >= 0.3 is 0 Å². The third-order valence-corrected chi connectivity index (χ3v) is 4.31. The van der Waals surface area contributed by atoms with Gasteiger partial charge in [0.2, 0.25) is 5.91 Å². The highest BCUT2D eigenvalue weighted by molar-refractivity contribution is 7.11. The van der Waals surface area contributed by atoms with E-state index in [1.807, 2.05) is 6.07 Å². The van der Waals surface area contributed by atoms with Crippen molar-refractivity contribution in [2.45, 2.75) is 32.4 Å². The Balaban J connectivity index is 1.79. The summed E-state index contributed by atoms with van der Waals surface area (Å²) in [5.74, 6) is 0.205. The number of carbonyl (C=O) groups is 1. The number of hydrogen-bond donors (Lipinski definition) is 2. The maximum Gasteiger partial charge on any atom is 0.237 e. The Morgan fingerprint density at radius 2 is 2.28 bits per heavy atom. The lowest BCUT2D eigenvalue weighted by molar-refractivity contribution is -0.124. The number of amides is 1. The van der Waals surface area contributed by atoms with E-state index in [9.17, 15) is 4.79 Å². The van der Waals surface area contributed by atoms with Gasteiger partial charge in [-0.3, -0.25) is 4.79 Å². The molecule has 4 nitrogen and oxygen atoms in total. The molecule has 2 heterocycles. The minimum atomic E-state index is -0.407. The van der Waals surface area contributed by atoms with Crippen molar-refractivity contribution in [3.05, 3.63) is 21.9 Å². The molecule has 3 N–H and O–H groups in total. The van der Waals surface area contributed by atoms with Gasteiger partial charge in [0.15, 0.2) is 0 Å². The number of nitrogens with one attached hydrogen (secondary N) is 1. The summed E-state index contributed by atoms with van der Waals surface area (Å²) >= 11 is 1.70. The maximum absolute atomic E-state index is 12.0.